The molecule has 0 radical (unpaired) electrons. The monoisotopic (exact) mass is 273 g/mol. The molecule has 0 fully saturated rings. The first kappa shape index (κ1) is 14.7. The van der Waals surface area contributed by atoms with Crippen molar-refractivity contribution >= 4 is 15.9 Å². The molecule has 1 heterocycles. The average molecular weight is 273 g/mol. The summed E-state index contributed by atoms with van der Waals surface area (Å²) in [6.45, 7) is 2.35. The number of hydrogen-bond donors (Lipinski definition) is 1. The summed E-state index contributed by atoms with van der Waals surface area (Å²) in [6.07, 6.45) is 4.76. The third-order valence-corrected chi connectivity index (χ3v) is 4.06. The molecule has 0 saturated carbocycles. The molecule has 7 heteroatoms. The first-order valence-electron chi connectivity index (χ1n) is 5.64. The fourth-order valence-corrected chi connectivity index (χ4v) is 1.81. The molecule has 0 spiro atoms. The van der Waals surface area contributed by atoms with E-state index in [1.807, 2.05) is 24.5 Å². The fourth-order valence-electron chi connectivity index (χ4n) is 1.39. The third kappa shape index (κ3) is 4.15. The van der Waals surface area contributed by atoms with Gasteiger partial charge in [-0.2, -0.15) is 0 Å². The van der Waals surface area contributed by atoms with Crippen molar-refractivity contribution in [1.29, 1.82) is 0 Å². The molecule has 1 aromatic heterocycles. The summed E-state index contributed by atoms with van der Waals surface area (Å²) in [5.74, 6) is -0.131. The van der Waals surface area contributed by atoms with Crippen molar-refractivity contribution in [3.8, 4) is 0 Å². The van der Waals surface area contributed by atoms with Gasteiger partial charge in [-0.15, -0.1) is 0 Å². The number of carbonyl (C=O) groups excluding carboxylic acids is 1. The average Bonchev–Trinajstić information content (AvgIpc) is 2.79. The summed E-state index contributed by atoms with van der Waals surface area (Å²) >= 11 is 0. The molecular weight excluding hydrogens is 254 g/mol. The Morgan fingerprint density at radius 3 is 2.44 bits per heavy atom. The second kappa shape index (κ2) is 6.01. The number of sulfonamides is 1. The number of nitrogens with zero attached hydrogens (tertiary/aromatic N) is 2. The Morgan fingerprint density at radius 2 is 1.94 bits per heavy atom. The van der Waals surface area contributed by atoms with Gasteiger partial charge in [0.25, 0.3) is 0 Å². The smallest absolute Gasteiger partial charge is 0.242 e. The van der Waals surface area contributed by atoms with Crippen LogP contribution in [0.5, 0.6) is 0 Å². The topological polar surface area (TPSA) is 71.4 Å². The van der Waals surface area contributed by atoms with Crippen LogP contribution in [0.15, 0.2) is 24.5 Å². The maximum Gasteiger partial charge on any atom is 0.242 e. The molecule has 1 amide bonds. The van der Waals surface area contributed by atoms with Crippen LogP contribution in [0.4, 0.5) is 0 Å². The van der Waals surface area contributed by atoms with E-state index in [9.17, 15) is 13.2 Å². The molecule has 0 aliphatic carbocycles. The minimum absolute atomic E-state index is 0.131. The predicted molar refractivity (Wildman–Crippen MR) is 69.6 cm³/mol. The van der Waals surface area contributed by atoms with Crippen molar-refractivity contribution in [1.82, 2.24) is 14.2 Å². The second-order valence-corrected chi connectivity index (χ2v) is 6.27. The van der Waals surface area contributed by atoms with Crippen molar-refractivity contribution in [3.63, 3.8) is 0 Å². The highest BCUT2D eigenvalue weighted by atomic mass is 32.2. The van der Waals surface area contributed by atoms with Crippen LogP contribution in [0.2, 0.25) is 0 Å². The maximum atomic E-state index is 11.8. The summed E-state index contributed by atoms with van der Waals surface area (Å²) in [7, 11) is -1.70. The van der Waals surface area contributed by atoms with Gasteiger partial charge in [-0.05, 0) is 19.1 Å². The summed E-state index contributed by atoms with van der Waals surface area (Å²) in [4.78, 5) is 11.8. The summed E-state index contributed by atoms with van der Waals surface area (Å²) in [5.41, 5.74) is 0. The highest BCUT2D eigenvalue weighted by Gasteiger charge is 2.14. The van der Waals surface area contributed by atoms with Gasteiger partial charge in [0.15, 0.2) is 0 Å². The zero-order valence-corrected chi connectivity index (χ0v) is 11.6. The van der Waals surface area contributed by atoms with Crippen molar-refractivity contribution < 1.29 is 13.2 Å². The lowest BCUT2D eigenvalue weighted by molar-refractivity contribution is -0.123. The zero-order chi connectivity index (χ0) is 13.8. The van der Waals surface area contributed by atoms with Crippen molar-refractivity contribution in [2.24, 2.45) is 0 Å². The van der Waals surface area contributed by atoms with Gasteiger partial charge in [-0.25, -0.2) is 12.7 Å². The molecule has 0 saturated heterocycles. The molecule has 1 aromatic rings. The predicted octanol–water partition coefficient (Wildman–Crippen LogP) is 0.0567. The Bertz CT molecular complexity index is 482. The Labute approximate surface area is 108 Å². The molecule has 0 bridgehead atoms. The first-order chi connectivity index (χ1) is 8.32. The SMILES string of the molecule is C[C@H](C(=O)NCCN(C)S(C)(=O)=O)n1cccc1. The third-order valence-electron chi connectivity index (χ3n) is 2.75. The molecule has 0 aliphatic rings. The van der Waals surface area contributed by atoms with Crippen LogP contribution in [-0.4, -0.2) is 49.6 Å². The number of rotatable bonds is 6. The second-order valence-electron chi connectivity index (χ2n) is 4.18. The Kier molecular flexibility index (Phi) is 4.92. The molecule has 0 unspecified atom stereocenters. The molecule has 0 aromatic carbocycles. The van der Waals surface area contributed by atoms with Gasteiger partial charge < -0.3 is 9.88 Å². The largest absolute Gasteiger partial charge is 0.353 e. The highest BCUT2D eigenvalue weighted by molar-refractivity contribution is 7.88. The van der Waals surface area contributed by atoms with Gasteiger partial charge in [0.1, 0.15) is 6.04 Å². The number of amides is 1. The Hall–Kier alpha value is -1.34. The number of nitrogens with one attached hydrogen (secondary N) is 1. The lowest BCUT2D eigenvalue weighted by Crippen LogP contribution is -2.38. The van der Waals surface area contributed by atoms with Crippen molar-refractivity contribution in [3.05, 3.63) is 24.5 Å². The van der Waals surface area contributed by atoms with Crippen LogP contribution in [0.1, 0.15) is 13.0 Å². The van der Waals surface area contributed by atoms with Crippen LogP contribution in [-0.2, 0) is 14.8 Å². The summed E-state index contributed by atoms with van der Waals surface area (Å²) < 4.78 is 25.3. The van der Waals surface area contributed by atoms with E-state index in [4.69, 9.17) is 0 Å². The normalized spacial score (nSPS) is 13.6. The van der Waals surface area contributed by atoms with E-state index < -0.39 is 10.0 Å². The van der Waals surface area contributed by atoms with Gasteiger partial charge in [0.05, 0.1) is 6.26 Å². The first-order valence-corrected chi connectivity index (χ1v) is 7.48. The summed E-state index contributed by atoms with van der Waals surface area (Å²) in [5, 5.41) is 2.71. The molecule has 1 N–H and O–H groups in total. The standard InChI is InChI=1S/C11H19N3O3S/c1-10(14-7-4-5-8-14)11(15)12-6-9-13(2)18(3,16)17/h4-5,7-8,10H,6,9H2,1-3H3,(H,12,15)/t10-/m1/s1. The van der Waals surface area contributed by atoms with Crippen LogP contribution in [0.3, 0.4) is 0 Å². The quantitative estimate of drug-likeness (QED) is 0.796. The van der Waals surface area contributed by atoms with Crippen LogP contribution >= 0.6 is 0 Å². The molecule has 1 atom stereocenters. The zero-order valence-electron chi connectivity index (χ0n) is 10.8. The van der Waals surface area contributed by atoms with Crippen LogP contribution in [0, 0.1) is 0 Å². The molecule has 0 aliphatic heterocycles. The number of aromatic nitrogens is 1. The molecule has 1 rings (SSSR count). The highest BCUT2D eigenvalue weighted by Crippen LogP contribution is 2.05. The molecule has 6 nitrogen and oxygen atoms in total. The van der Waals surface area contributed by atoms with Crippen molar-refractivity contribution in [2.45, 2.75) is 13.0 Å². The van der Waals surface area contributed by atoms with Gasteiger partial charge in [-0.1, -0.05) is 0 Å². The number of carbonyl (C=O) groups is 1. The van der Waals surface area contributed by atoms with E-state index in [2.05, 4.69) is 5.32 Å². The maximum absolute atomic E-state index is 11.8. The van der Waals surface area contributed by atoms with Gasteiger partial charge >= 0.3 is 0 Å². The molecule has 102 valence electrons. The fraction of sp³-hybridized carbons (Fsp3) is 0.545. The van der Waals surface area contributed by atoms with E-state index in [-0.39, 0.29) is 18.5 Å². The van der Waals surface area contributed by atoms with E-state index >= 15 is 0 Å². The molecular formula is C11H19N3O3S. The van der Waals surface area contributed by atoms with Gasteiger partial charge in [-0.3, -0.25) is 4.79 Å². The van der Waals surface area contributed by atoms with E-state index in [0.29, 0.717) is 6.54 Å². The Balaban J connectivity index is 2.38. The lowest BCUT2D eigenvalue weighted by Gasteiger charge is -2.17. The lowest BCUT2D eigenvalue weighted by atomic mass is 10.3. The van der Waals surface area contributed by atoms with Crippen LogP contribution < -0.4 is 5.32 Å². The van der Waals surface area contributed by atoms with Crippen molar-refractivity contribution in [2.75, 3.05) is 26.4 Å². The number of hydrogen-bond acceptors (Lipinski definition) is 3. The Morgan fingerprint density at radius 1 is 1.39 bits per heavy atom. The van der Waals surface area contributed by atoms with E-state index in [0.717, 1.165) is 6.26 Å². The van der Waals surface area contributed by atoms with Gasteiger partial charge in [0, 0.05) is 32.5 Å². The number of likely N-dealkylation sites (N-methyl/N-ethyl adjacent to an activating group) is 1. The minimum Gasteiger partial charge on any atom is -0.353 e. The van der Waals surface area contributed by atoms with Gasteiger partial charge in [0.2, 0.25) is 15.9 Å². The van der Waals surface area contributed by atoms with Crippen LogP contribution in [0.25, 0.3) is 0 Å². The minimum atomic E-state index is -3.19. The molecule has 18 heavy (non-hydrogen) atoms. The summed E-state index contributed by atoms with van der Waals surface area (Å²) in [6, 6.07) is 3.39. The van der Waals surface area contributed by atoms with E-state index in [1.165, 1.54) is 11.4 Å². The van der Waals surface area contributed by atoms with E-state index in [1.54, 1.807) is 11.5 Å².